The second-order valence-electron chi connectivity index (χ2n) is 10.0. The summed E-state index contributed by atoms with van der Waals surface area (Å²) in [5.41, 5.74) is 3.37. The number of rotatable bonds is 6. The lowest BCUT2D eigenvalue weighted by Gasteiger charge is -2.19. The topological polar surface area (TPSA) is 64.4 Å². The second kappa shape index (κ2) is 9.67. The van der Waals surface area contributed by atoms with E-state index in [0.717, 1.165) is 42.5 Å². The Morgan fingerprint density at radius 3 is 2.51 bits per heavy atom. The highest BCUT2D eigenvalue weighted by molar-refractivity contribution is 6.33. The van der Waals surface area contributed by atoms with Crippen LogP contribution >= 0.6 is 11.6 Å². The first kappa shape index (κ1) is 23.7. The van der Waals surface area contributed by atoms with E-state index >= 15 is 0 Å². The van der Waals surface area contributed by atoms with Crippen molar-refractivity contribution >= 4 is 28.4 Å². The minimum Gasteiger partial charge on any atom is -0.497 e. The largest absolute Gasteiger partial charge is 0.497 e. The summed E-state index contributed by atoms with van der Waals surface area (Å²) < 4.78 is 7.06. The van der Waals surface area contributed by atoms with E-state index in [1.165, 1.54) is 0 Å². The van der Waals surface area contributed by atoms with Gasteiger partial charge in [0.25, 0.3) is 5.56 Å². The molecule has 1 amide bonds. The number of ether oxygens (including phenoxy) is 1. The maximum Gasteiger partial charge on any atom is 0.261 e. The van der Waals surface area contributed by atoms with Crippen molar-refractivity contribution in [3.8, 4) is 28.3 Å². The number of amides is 1. The quantitative estimate of drug-likeness (QED) is 0.334. The molecule has 2 heterocycles. The fraction of sp³-hybridized carbons (Fsp3) is 0.300. The van der Waals surface area contributed by atoms with Gasteiger partial charge in [0.05, 0.1) is 23.0 Å². The van der Waals surface area contributed by atoms with Gasteiger partial charge in [0.2, 0.25) is 5.91 Å². The van der Waals surface area contributed by atoms with Crippen LogP contribution in [0.4, 0.5) is 0 Å². The lowest BCUT2D eigenvalue weighted by molar-refractivity contribution is -0.131. The number of para-hydroxylation sites is 1. The summed E-state index contributed by atoms with van der Waals surface area (Å²) in [6.45, 7) is 2.00. The SMILES string of the molecule is COc1ccc(-c2ccc(-c3nc4ccccc4c(=O)n3CC3CCN(C(=O)C4CC4)C3)cc2)c(Cl)c1. The van der Waals surface area contributed by atoms with E-state index < -0.39 is 0 Å². The highest BCUT2D eigenvalue weighted by atomic mass is 35.5. The third kappa shape index (κ3) is 4.62. The van der Waals surface area contributed by atoms with Gasteiger partial charge in [-0.1, -0.05) is 48.0 Å². The summed E-state index contributed by atoms with van der Waals surface area (Å²) in [7, 11) is 1.62. The van der Waals surface area contributed by atoms with Crippen molar-refractivity contribution < 1.29 is 9.53 Å². The van der Waals surface area contributed by atoms with E-state index in [1.807, 2.05) is 65.6 Å². The molecule has 4 aromatic rings. The van der Waals surface area contributed by atoms with Crippen LogP contribution < -0.4 is 10.3 Å². The molecule has 188 valence electrons. The fourth-order valence-electron chi connectivity index (χ4n) is 5.24. The molecule has 1 saturated heterocycles. The van der Waals surface area contributed by atoms with Gasteiger partial charge in [-0.2, -0.15) is 0 Å². The monoisotopic (exact) mass is 513 g/mol. The Hall–Kier alpha value is -3.64. The van der Waals surface area contributed by atoms with Gasteiger partial charge in [0.15, 0.2) is 0 Å². The maximum absolute atomic E-state index is 13.7. The van der Waals surface area contributed by atoms with Gasteiger partial charge in [-0.3, -0.25) is 14.2 Å². The Morgan fingerprint density at radius 1 is 1.03 bits per heavy atom. The molecule has 0 N–H and O–H groups in total. The molecular formula is C30H28ClN3O3. The molecule has 3 aromatic carbocycles. The predicted octanol–water partition coefficient (Wildman–Crippen LogP) is 5.65. The molecule has 0 radical (unpaired) electrons. The van der Waals surface area contributed by atoms with Gasteiger partial charge in [-0.25, -0.2) is 4.98 Å². The Labute approximate surface area is 220 Å². The Balaban J connectivity index is 1.35. The number of nitrogens with zero attached hydrogens (tertiary/aromatic N) is 3. The van der Waals surface area contributed by atoms with Crippen LogP contribution in [0.2, 0.25) is 5.02 Å². The number of halogens is 1. The average Bonchev–Trinajstić information content (AvgIpc) is 3.68. The summed E-state index contributed by atoms with van der Waals surface area (Å²) in [5.74, 6) is 2.07. The summed E-state index contributed by atoms with van der Waals surface area (Å²) in [6.07, 6.45) is 2.91. The van der Waals surface area contributed by atoms with E-state index in [4.69, 9.17) is 21.3 Å². The number of carbonyl (C=O) groups is 1. The maximum atomic E-state index is 13.7. The van der Waals surface area contributed by atoms with Gasteiger partial charge in [-0.15, -0.1) is 0 Å². The first-order chi connectivity index (χ1) is 18.0. The summed E-state index contributed by atoms with van der Waals surface area (Å²) >= 11 is 6.50. The second-order valence-corrected chi connectivity index (χ2v) is 10.4. The van der Waals surface area contributed by atoms with Crippen molar-refractivity contribution in [2.24, 2.45) is 11.8 Å². The van der Waals surface area contributed by atoms with Gasteiger partial charge in [0.1, 0.15) is 11.6 Å². The Morgan fingerprint density at radius 2 is 1.78 bits per heavy atom. The zero-order valence-corrected chi connectivity index (χ0v) is 21.4. The number of fused-ring (bicyclic) bond motifs is 1. The highest BCUT2D eigenvalue weighted by Crippen LogP contribution is 2.34. The first-order valence-corrected chi connectivity index (χ1v) is 13.1. The molecule has 6 rings (SSSR count). The molecule has 1 unspecified atom stereocenters. The van der Waals surface area contributed by atoms with Gasteiger partial charge < -0.3 is 9.64 Å². The van der Waals surface area contributed by atoms with Crippen LogP contribution in [0, 0.1) is 11.8 Å². The van der Waals surface area contributed by atoms with Crippen molar-refractivity contribution in [2.75, 3.05) is 20.2 Å². The van der Waals surface area contributed by atoms with Crippen molar-refractivity contribution in [2.45, 2.75) is 25.8 Å². The molecule has 0 bridgehead atoms. The predicted molar refractivity (Wildman–Crippen MR) is 146 cm³/mol. The van der Waals surface area contributed by atoms with Gasteiger partial charge >= 0.3 is 0 Å². The first-order valence-electron chi connectivity index (χ1n) is 12.7. The third-order valence-electron chi connectivity index (χ3n) is 7.46. The van der Waals surface area contributed by atoms with E-state index in [-0.39, 0.29) is 23.3 Å². The van der Waals surface area contributed by atoms with E-state index in [2.05, 4.69) is 0 Å². The van der Waals surface area contributed by atoms with Crippen molar-refractivity contribution in [1.29, 1.82) is 0 Å². The van der Waals surface area contributed by atoms with Crippen molar-refractivity contribution in [3.05, 3.63) is 82.1 Å². The molecule has 37 heavy (non-hydrogen) atoms. The normalized spacial score (nSPS) is 17.4. The standard InChI is InChI=1S/C30H28ClN3O3/c1-37-23-12-13-24(26(31)16-23)20-6-8-21(9-7-20)28-32-27-5-3-2-4-25(27)30(36)34(28)18-19-14-15-33(17-19)29(35)22-10-11-22/h2-9,12-13,16,19,22H,10-11,14-15,17-18H2,1H3. The number of methoxy groups -OCH3 is 1. The van der Waals surface area contributed by atoms with Crippen LogP contribution in [0.25, 0.3) is 33.4 Å². The van der Waals surface area contributed by atoms with Crippen LogP contribution in [0.15, 0.2) is 71.5 Å². The molecular weight excluding hydrogens is 486 g/mol. The van der Waals surface area contributed by atoms with E-state index in [0.29, 0.717) is 40.6 Å². The van der Waals surface area contributed by atoms with Crippen LogP contribution in [0.3, 0.4) is 0 Å². The fourth-order valence-corrected chi connectivity index (χ4v) is 5.52. The number of hydrogen-bond acceptors (Lipinski definition) is 4. The third-order valence-corrected chi connectivity index (χ3v) is 7.77. The van der Waals surface area contributed by atoms with Crippen LogP contribution in [-0.4, -0.2) is 40.6 Å². The van der Waals surface area contributed by atoms with Crippen molar-refractivity contribution in [3.63, 3.8) is 0 Å². The molecule has 0 spiro atoms. The molecule has 7 heteroatoms. The minimum atomic E-state index is -0.0464. The molecule has 2 fully saturated rings. The van der Waals surface area contributed by atoms with Crippen molar-refractivity contribution in [1.82, 2.24) is 14.5 Å². The zero-order chi connectivity index (χ0) is 25.5. The highest BCUT2D eigenvalue weighted by Gasteiger charge is 2.36. The lowest BCUT2D eigenvalue weighted by atomic mass is 10.0. The number of aromatic nitrogens is 2. The number of hydrogen-bond donors (Lipinski definition) is 0. The number of likely N-dealkylation sites (tertiary alicyclic amines) is 1. The van der Waals surface area contributed by atoms with Crippen LogP contribution in [0.1, 0.15) is 19.3 Å². The molecule has 2 aliphatic rings. The molecule has 1 atom stereocenters. The summed E-state index contributed by atoms with van der Waals surface area (Å²) in [4.78, 5) is 33.1. The Kier molecular flexibility index (Phi) is 6.21. The molecule has 1 aliphatic heterocycles. The van der Waals surface area contributed by atoms with Gasteiger partial charge in [-0.05, 0) is 61.1 Å². The zero-order valence-electron chi connectivity index (χ0n) is 20.7. The Bertz CT molecular complexity index is 1540. The number of carbonyl (C=O) groups excluding carboxylic acids is 1. The molecule has 1 aliphatic carbocycles. The smallest absolute Gasteiger partial charge is 0.261 e. The van der Waals surface area contributed by atoms with E-state index in [1.54, 1.807) is 17.7 Å². The number of benzene rings is 3. The molecule has 6 nitrogen and oxygen atoms in total. The van der Waals surface area contributed by atoms with Crippen LogP contribution in [0.5, 0.6) is 5.75 Å². The van der Waals surface area contributed by atoms with E-state index in [9.17, 15) is 9.59 Å². The summed E-state index contributed by atoms with van der Waals surface area (Å²) in [6, 6.07) is 21.1. The average molecular weight is 514 g/mol. The summed E-state index contributed by atoms with van der Waals surface area (Å²) in [5, 5.41) is 1.22. The molecule has 1 aromatic heterocycles. The minimum absolute atomic E-state index is 0.0464. The lowest BCUT2D eigenvalue weighted by Crippen LogP contribution is -2.32. The molecule has 1 saturated carbocycles. The van der Waals surface area contributed by atoms with Crippen LogP contribution in [-0.2, 0) is 11.3 Å². The van der Waals surface area contributed by atoms with Gasteiger partial charge in [0, 0.05) is 36.7 Å².